The van der Waals surface area contributed by atoms with Gasteiger partial charge in [0.2, 0.25) is 0 Å². The van der Waals surface area contributed by atoms with Crippen LogP contribution in [0.1, 0.15) is 6.42 Å². The van der Waals surface area contributed by atoms with Gasteiger partial charge in [0.05, 0.1) is 6.54 Å². The summed E-state index contributed by atoms with van der Waals surface area (Å²) in [4.78, 5) is 14.3. The van der Waals surface area contributed by atoms with Gasteiger partial charge < -0.3 is 4.74 Å². The summed E-state index contributed by atoms with van der Waals surface area (Å²) < 4.78 is 4.76. The average molecular weight is 143 g/mol. The number of aliphatic imine (C=N–C) groups is 1. The average Bonchev–Trinajstić information content (AvgIpc) is 2.40. The van der Waals surface area contributed by atoms with E-state index in [1.807, 2.05) is 5.43 Å². The van der Waals surface area contributed by atoms with Crippen LogP contribution in [0.5, 0.6) is 0 Å². The molecule has 0 saturated heterocycles. The molecule has 0 aromatic rings. The molecule has 1 unspecified atom stereocenters. The molecule has 1 amide bonds. The second-order valence-corrected chi connectivity index (χ2v) is 1.96. The van der Waals surface area contributed by atoms with Crippen molar-refractivity contribution in [3.05, 3.63) is 0 Å². The zero-order chi connectivity index (χ0) is 7.40. The van der Waals surface area contributed by atoms with E-state index >= 15 is 0 Å². The van der Waals surface area contributed by atoms with E-state index in [0.29, 0.717) is 13.0 Å². The van der Waals surface area contributed by atoms with Crippen molar-refractivity contribution in [1.82, 2.24) is 5.43 Å². The molecule has 1 rings (SSSR count). The topological polar surface area (TPSA) is 76.7 Å². The van der Waals surface area contributed by atoms with Gasteiger partial charge in [-0.2, -0.15) is 0 Å². The standard InChI is InChI=1S/C5H9N3O2/c6-8-5(9)10-4-1-2-7-3-4/h2,4H,1,3,6H2,(H,8,9). The Morgan fingerprint density at radius 3 is 3.20 bits per heavy atom. The van der Waals surface area contributed by atoms with Crippen LogP contribution in [-0.4, -0.2) is 25.0 Å². The Morgan fingerprint density at radius 2 is 2.70 bits per heavy atom. The maximum Gasteiger partial charge on any atom is 0.421 e. The first-order valence-corrected chi connectivity index (χ1v) is 2.98. The molecule has 1 aliphatic rings. The lowest BCUT2D eigenvalue weighted by Crippen LogP contribution is -2.34. The Kier molecular flexibility index (Phi) is 2.22. The summed E-state index contributed by atoms with van der Waals surface area (Å²) >= 11 is 0. The molecule has 0 radical (unpaired) electrons. The number of hydrogen-bond donors (Lipinski definition) is 2. The lowest BCUT2D eigenvalue weighted by atomic mass is 10.3. The van der Waals surface area contributed by atoms with E-state index in [9.17, 15) is 4.79 Å². The molecule has 0 aromatic heterocycles. The van der Waals surface area contributed by atoms with Crippen molar-refractivity contribution < 1.29 is 9.53 Å². The molecule has 3 N–H and O–H groups in total. The van der Waals surface area contributed by atoms with Gasteiger partial charge in [-0.1, -0.05) is 0 Å². The van der Waals surface area contributed by atoms with E-state index in [1.54, 1.807) is 6.21 Å². The highest BCUT2D eigenvalue weighted by Gasteiger charge is 2.14. The minimum atomic E-state index is -0.601. The Bertz CT molecular complexity index is 149. The van der Waals surface area contributed by atoms with Gasteiger partial charge in [0, 0.05) is 12.6 Å². The molecule has 0 spiro atoms. The fourth-order valence-corrected chi connectivity index (χ4v) is 0.730. The zero-order valence-corrected chi connectivity index (χ0v) is 5.41. The van der Waals surface area contributed by atoms with Crippen molar-refractivity contribution in [3.8, 4) is 0 Å². The molecule has 0 fully saturated rings. The molecule has 1 heterocycles. The molecule has 5 heteroatoms. The molecule has 1 atom stereocenters. The van der Waals surface area contributed by atoms with Crippen molar-refractivity contribution in [2.45, 2.75) is 12.5 Å². The van der Waals surface area contributed by atoms with Crippen LogP contribution < -0.4 is 11.3 Å². The number of ether oxygens (including phenoxy) is 1. The van der Waals surface area contributed by atoms with Gasteiger partial charge in [0.1, 0.15) is 6.10 Å². The van der Waals surface area contributed by atoms with Crippen LogP contribution in [0.2, 0.25) is 0 Å². The number of rotatable bonds is 1. The molecule has 0 aliphatic carbocycles. The minimum absolute atomic E-state index is 0.122. The number of nitrogens with one attached hydrogen (secondary N) is 1. The van der Waals surface area contributed by atoms with Crippen LogP contribution in [0.4, 0.5) is 4.79 Å². The minimum Gasteiger partial charge on any atom is -0.443 e. The van der Waals surface area contributed by atoms with E-state index in [-0.39, 0.29) is 6.10 Å². The second-order valence-electron chi connectivity index (χ2n) is 1.96. The van der Waals surface area contributed by atoms with Gasteiger partial charge in [-0.05, 0) is 0 Å². The van der Waals surface area contributed by atoms with E-state index in [1.165, 1.54) is 0 Å². The fraction of sp³-hybridized carbons (Fsp3) is 0.600. The Balaban J connectivity index is 2.19. The molecule has 0 bridgehead atoms. The summed E-state index contributed by atoms with van der Waals surface area (Å²) in [5.74, 6) is 4.78. The Morgan fingerprint density at radius 1 is 1.90 bits per heavy atom. The summed E-state index contributed by atoms with van der Waals surface area (Å²) in [6.07, 6.45) is 1.70. The maximum atomic E-state index is 10.5. The van der Waals surface area contributed by atoms with Crippen molar-refractivity contribution in [3.63, 3.8) is 0 Å². The number of carbonyl (C=O) groups is 1. The van der Waals surface area contributed by atoms with E-state index in [0.717, 1.165) is 0 Å². The first-order chi connectivity index (χ1) is 4.83. The van der Waals surface area contributed by atoms with E-state index in [2.05, 4.69) is 4.99 Å². The molecule has 1 aliphatic heterocycles. The van der Waals surface area contributed by atoms with Crippen LogP contribution in [0.15, 0.2) is 4.99 Å². The zero-order valence-electron chi connectivity index (χ0n) is 5.41. The van der Waals surface area contributed by atoms with Crippen molar-refractivity contribution in [1.29, 1.82) is 0 Å². The summed E-state index contributed by atoms with van der Waals surface area (Å²) in [6, 6.07) is 0. The summed E-state index contributed by atoms with van der Waals surface area (Å²) in [5, 5.41) is 0. The molecule has 0 aromatic carbocycles. The molecular weight excluding hydrogens is 134 g/mol. The largest absolute Gasteiger partial charge is 0.443 e. The third-order valence-corrected chi connectivity index (χ3v) is 1.20. The Labute approximate surface area is 58.2 Å². The predicted molar refractivity (Wildman–Crippen MR) is 35.6 cm³/mol. The smallest absolute Gasteiger partial charge is 0.421 e. The SMILES string of the molecule is NNC(=O)OC1CC=NC1. The monoisotopic (exact) mass is 143 g/mol. The number of nitrogens with two attached hydrogens (primary N) is 1. The molecule has 0 saturated carbocycles. The highest BCUT2D eigenvalue weighted by atomic mass is 16.6. The van der Waals surface area contributed by atoms with Crippen molar-refractivity contribution >= 4 is 12.3 Å². The normalized spacial score (nSPS) is 22.7. The number of nitrogens with zero attached hydrogens (tertiary/aromatic N) is 1. The Hall–Kier alpha value is -1.10. The van der Waals surface area contributed by atoms with E-state index in [4.69, 9.17) is 10.6 Å². The summed E-state index contributed by atoms with van der Waals surface area (Å²) in [5.41, 5.74) is 1.88. The third-order valence-electron chi connectivity index (χ3n) is 1.20. The van der Waals surface area contributed by atoms with Crippen molar-refractivity contribution in [2.24, 2.45) is 10.8 Å². The van der Waals surface area contributed by atoms with Gasteiger partial charge >= 0.3 is 6.09 Å². The van der Waals surface area contributed by atoms with Gasteiger partial charge in [-0.15, -0.1) is 0 Å². The van der Waals surface area contributed by atoms with Gasteiger partial charge in [0.25, 0.3) is 0 Å². The molecule has 10 heavy (non-hydrogen) atoms. The van der Waals surface area contributed by atoms with Crippen LogP contribution in [-0.2, 0) is 4.74 Å². The number of amides is 1. The molecular formula is C5H9N3O2. The maximum absolute atomic E-state index is 10.5. The first-order valence-electron chi connectivity index (χ1n) is 2.98. The second kappa shape index (κ2) is 3.17. The first kappa shape index (κ1) is 7.01. The molecule has 5 nitrogen and oxygen atoms in total. The fourth-order valence-electron chi connectivity index (χ4n) is 0.730. The van der Waals surface area contributed by atoms with Crippen LogP contribution in [0.3, 0.4) is 0 Å². The summed E-state index contributed by atoms with van der Waals surface area (Å²) in [6.45, 7) is 0.549. The number of hydrogen-bond acceptors (Lipinski definition) is 4. The van der Waals surface area contributed by atoms with Gasteiger partial charge in [0.15, 0.2) is 0 Å². The lowest BCUT2D eigenvalue weighted by molar-refractivity contribution is 0.109. The van der Waals surface area contributed by atoms with Gasteiger partial charge in [-0.3, -0.25) is 10.4 Å². The quantitative estimate of drug-likeness (QED) is 0.293. The third kappa shape index (κ3) is 1.70. The van der Waals surface area contributed by atoms with Crippen LogP contribution >= 0.6 is 0 Å². The predicted octanol–water partition coefficient (Wildman–Crippen LogP) is -0.571. The lowest BCUT2D eigenvalue weighted by Gasteiger charge is -2.08. The highest BCUT2D eigenvalue weighted by Crippen LogP contribution is 2.03. The van der Waals surface area contributed by atoms with Crippen molar-refractivity contribution in [2.75, 3.05) is 6.54 Å². The number of carbonyl (C=O) groups excluding carboxylic acids is 1. The highest BCUT2D eigenvalue weighted by molar-refractivity contribution is 5.68. The van der Waals surface area contributed by atoms with Crippen LogP contribution in [0, 0.1) is 0 Å². The summed E-state index contributed by atoms with van der Waals surface area (Å²) in [7, 11) is 0. The molecule has 56 valence electrons. The van der Waals surface area contributed by atoms with Crippen LogP contribution in [0.25, 0.3) is 0 Å². The van der Waals surface area contributed by atoms with E-state index < -0.39 is 6.09 Å². The number of hydrazine groups is 1. The van der Waals surface area contributed by atoms with Gasteiger partial charge in [-0.25, -0.2) is 10.6 Å².